The average Bonchev–Trinajstić information content (AvgIpc) is 2.71. The number of hydrogen-bond acceptors (Lipinski definition) is 5. The normalized spacial score (nSPS) is 10.6. The van der Waals surface area contributed by atoms with Crippen molar-refractivity contribution in [3.63, 3.8) is 0 Å². The Hall–Kier alpha value is -3.53. The maximum Gasteiger partial charge on any atom is 0.266 e. The molecule has 3 rings (SSSR count). The van der Waals surface area contributed by atoms with Crippen molar-refractivity contribution in [1.29, 1.82) is 5.26 Å². The molecule has 0 bridgehead atoms. The molecule has 0 fully saturated rings. The number of nitriles is 1. The minimum Gasteiger partial charge on any atom is -0.493 e. The Bertz CT molecular complexity index is 1150. The summed E-state index contributed by atoms with van der Waals surface area (Å²) in [5.74, 6) is 1.36. The molecule has 0 saturated heterocycles. The van der Waals surface area contributed by atoms with Gasteiger partial charge in [-0.1, -0.05) is 13.0 Å². The van der Waals surface area contributed by atoms with Crippen LogP contribution >= 0.6 is 0 Å². The van der Waals surface area contributed by atoms with Gasteiger partial charge in [0, 0.05) is 12.7 Å². The number of benzene rings is 1. The van der Waals surface area contributed by atoms with E-state index < -0.39 is 5.56 Å². The van der Waals surface area contributed by atoms with Gasteiger partial charge in [-0.25, -0.2) is 0 Å². The third-order valence-electron chi connectivity index (χ3n) is 4.44. The van der Waals surface area contributed by atoms with Crippen molar-refractivity contribution in [2.75, 3.05) is 13.7 Å². The smallest absolute Gasteiger partial charge is 0.266 e. The minimum absolute atomic E-state index is 0.0743. The zero-order valence-electron chi connectivity index (χ0n) is 15.8. The first-order valence-corrected chi connectivity index (χ1v) is 9.03. The van der Waals surface area contributed by atoms with Crippen LogP contribution in [0.2, 0.25) is 0 Å². The fourth-order valence-corrected chi connectivity index (χ4v) is 2.95. The van der Waals surface area contributed by atoms with Crippen molar-refractivity contribution in [1.82, 2.24) is 9.55 Å². The van der Waals surface area contributed by atoms with E-state index in [1.165, 1.54) is 6.07 Å². The van der Waals surface area contributed by atoms with Gasteiger partial charge in [0.25, 0.3) is 11.1 Å². The summed E-state index contributed by atoms with van der Waals surface area (Å²) in [6.45, 7) is 3.11. The van der Waals surface area contributed by atoms with Gasteiger partial charge in [0.15, 0.2) is 11.5 Å². The second kappa shape index (κ2) is 8.44. The Morgan fingerprint density at radius 3 is 2.71 bits per heavy atom. The van der Waals surface area contributed by atoms with Gasteiger partial charge in [0.1, 0.15) is 11.6 Å². The molecular weight excluding hydrogens is 358 g/mol. The van der Waals surface area contributed by atoms with Gasteiger partial charge in [-0.15, -0.1) is 0 Å². The number of aromatic nitrogens is 2. The summed E-state index contributed by atoms with van der Waals surface area (Å²) in [5.41, 5.74) is 0.607. The Morgan fingerprint density at radius 1 is 1.18 bits per heavy atom. The summed E-state index contributed by atoms with van der Waals surface area (Å²) in [5, 5.41) is 9.33. The predicted octanol–water partition coefficient (Wildman–Crippen LogP) is 2.60. The number of ether oxygens (including phenoxy) is 2. The zero-order valence-corrected chi connectivity index (χ0v) is 15.8. The van der Waals surface area contributed by atoms with E-state index in [0.717, 1.165) is 12.0 Å². The van der Waals surface area contributed by atoms with Crippen LogP contribution in [-0.4, -0.2) is 23.3 Å². The number of H-pyrrole nitrogens is 1. The fourth-order valence-electron chi connectivity index (χ4n) is 2.95. The number of aromatic amines is 1. The number of nitrogens with one attached hydrogen (secondary N) is 1. The largest absolute Gasteiger partial charge is 0.493 e. The number of fused-ring (bicyclic) bond motifs is 1. The predicted molar refractivity (Wildman–Crippen MR) is 106 cm³/mol. The summed E-state index contributed by atoms with van der Waals surface area (Å²) < 4.78 is 12.6. The lowest BCUT2D eigenvalue weighted by Gasteiger charge is -2.12. The van der Waals surface area contributed by atoms with E-state index in [1.807, 2.05) is 25.1 Å². The zero-order chi connectivity index (χ0) is 20.1. The highest BCUT2D eigenvalue weighted by Crippen LogP contribution is 2.28. The van der Waals surface area contributed by atoms with Gasteiger partial charge in [0.05, 0.1) is 24.6 Å². The van der Waals surface area contributed by atoms with Crippen molar-refractivity contribution in [3.05, 3.63) is 68.4 Å². The number of pyridine rings is 2. The molecule has 144 valence electrons. The number of aryl methyl sites for hydroxylation is 2. The van der Waals surface area contributed by atoms with Crippen LogP contribution in [0.3, 0.4) is 0 Å². The Kier molecular flexibility index (Phi) is 5.80. The van der Waals surface area contributed by atoms with Crippen LogP contribution in [0, 0.1) is 11.3 Å². The summed E-state index contributed by atoms with van der Waals surface area (Å²) in [6, 6.07) is 10.5. The molecule has 0 spiro atoms. The van der Waals surface area contributed by atoms with E-state index in [-0.39, 0.29) is 11.1 Å². The molecule has 7 heteroatoms. The van der Waals surface area contributed by atoms with Crippen LogP contribution in [0.15, 0.2) is 46.1 Å². The van der Waals surface area contributed by atoms with Crippen LogP contribution in [-0.2, 0) is 13.0 Å². The Morgan fingerprint density at radius 2 is 2.00 bits per heavy atom. The first kappa shape index (κ1) is 19.2. The van der Waals surface area contributed by atoms with Crippen LogP contribution < -0.4 is 20.6 Å². The average molecular weight is 379 g/mol. The summed E-state index contributed by atoms with van der Waals surface area (Å²) >= 11 is 0. The molecule has 0 saturated carbocycles. The van der Waals surface area contributed by atoms with E-state index in [1.54, 1.807) is 30.0 Å². The monoisotopic (exact) mass is 379 g/mol. The Labute approximate surface area is 161 Å². The van der Waals surface area contributed by atoms with Gasteiger partial charge in [-0.05, 0) is 42.7 Å². The Balaban J connectivity index is 1.85. The molecule has 1 N–H and O–H groups in total. The molecule has 0 radical (unpaired) electrons. The third-order valence-corrected chi connectivity index (χ3v) is 4.44. The van der Waals surface area contributed by atoms with Gasteiger partial charge in [-0.2, -0.15) is 5.26 Å². The minimum atomic E-state index is -0.496. The molecule has 1 aromatic carbocycles. The van der Waals surface area contributed by atoms with E-state index >= 15 is 0 Å². The third kappa shape index (κ3) is 3.91. The maximum absolute atomic E-state index is 12.7. The molecule has 0 amide bonds. The highest BCUT2D eigenvalue weighted by atomic mass is 16.5. The molecule has 0 aliphatic carbocycles. The molecule has 0 aliphatic rings. The molecule has 2 aromatic heterocycles. The van der Waals surface area contributed by atoms with Gasteiger partial charge in [0.2, 0.25) is 0 Å². The lowest BCUT2D eigenvalue weighted by Crippen LogP contribution is -2.22. The van der Waals surface area contributed by atoms with Gasteiger partial charge < -0.3 is 19.0 Å². The summed E-state index contributed by atoms with van der Waals surface area (Å²) in [4.78, 5) is 27.0. The van der Waals surface area contributed by atoms with Crippen LogP contribution in [0.1, 0.15) is 24.5 Å². The van der Waals surface area contributed by atoms with E-state index in [9.17, 15) is 9.59 Å². The molecular formula is C21H21N3O4. The quantitative estimate of drug-likeness (QED) is 0.681. The lowest BCUT2D eigenvalue weighted by atomic mass is 10.1. The highest BCUT2D eigenvalue weighted by Gasteiger charge is 2.09. The van der Waals surface area contributed by atoms with Crippen molar-refractivity contribution >= 4 is 10.9 Å². The molecule has 0 atom stereocenters. The van der Waals surface area contributed by atoms with Crippen molar-refractivity contribution in [2.24, 2.45) is 0 Å². The van der Waals surface area contributed by atoms with Crippen molar-refractivity contribution < 1.29 is 9.47 Å². The second-order valence-corrected chi connectivity index (χ2v) is 6.35. The number of hydrogen-bond donors (Lipinski definition) is 1. The van der Waals surface area contributed by atoms with Crippen LogP contribution in [0.4, 0.5) is 0 Å². The highest BCUT2D eigenvalue weighted by molar-refractivity contribution is 5.78. The van der Waals surface area contributed by atoms with Crippen molar-refractivity contribution in [3.8, 4) is 17.6 Å². The molecule has 0 aliphatic heterocycles. The number of rotatable bonds is 7. The van der Waals surface area contributed by atoms with Crippen LogP contribution in [0.25, 0.3) is 10.9 Å². The number of nitrogens with zero attached hydrogens (tertiary/aromatic N) is 2. The second-order valence-electron chi connectivity index (χ2n) is 6.35. The van der Waals surface area contributed by atoms with E-state index in [4.69, 9.17) is 14.7 Å². The van der Waals surface area contributed by atoms with Gasteiger partial charge in [-0.3, -0.25) is 9.59 Å². The molecule has 28 heavy (non-hydrogen) atoms. The molecule has 0 unspecified atom stereocenters. The van der Waals surface area contributed by atoms with Crippen LogP contribution in [0.5, 0.6) is 11.5 Å². The fraction of sp³-hybridized carbons (Fsp3) is 0.286. The maximum atomic E-state index is 12.7. The first-order valence-electron chi connectivity index (χ1n) is 9.03. The first-order chi connectivity index (χ1) is 13.6. The summed E-state index contributed by atoms with van der Waals surface area (Å²) in [7, 11) is 1.60. The number of methoxy groups -OCH3 is 1. The topological polar surface area (TPSA) is 97.1 Å². The molecule has 2 heterocycles. The van der Waals surface area contributed by atoms with Crippen molar-refractivity contribution in [2.45, 2.75) is 26.3 Å². The standard InChI is InChI=1S/C21H21N3O4/c1-3-10-28-18-5-4-14(11-19(18)27-2)6-8-24-9-7-17-16(21(24)26)12-15(13-22)20(25)23-17/h4-5,7,9,11-12H,3,6,8,10H2,1-2H3,(H,23,25). The molecule has 7 nitrogen and oxygen atoms in total. The lowest BCUT2D eigenvalue weighted by molar-refractivity contribution is 0.294. The molecule has 3 aromatic rings. The van der Waals surface area contributed by atoms with E-state index in [0.29, 0.717) is 42.0 Å². The summed E-state index contributed by atoms with van der Waals surface area (Å²) in [6.07, 6.45) is 3.17. The van der Waals surface area contributed by atoms with Gasteiger partial charge >= 0.3 is 0 Å². The SMILES string of the molecule is CCCOc1ccc(CCn2ccc3[nH]c(=O)c(C#N)cc3c2=O)cc1OC. The van der Waals surface area contributed by atoms with E-state index in [2.05, 4.69) is 4.98 Å².